The summed E-state index contributed by atoms with van der Waals surface area (Å²) >= 11 is 0. The summed E-state index contributed by atoms with van der Waals surface area (Å²) in [5.41, 5.74) is 14.0. The third kappa shape index (κ3) is 1.94. The number of hydrogen-bond acceptors (Lipinski definition) is 2. The second-order valence-electron chi connectivity index (χ2n) is 4.25. The highest BCUT2D eigenvalue weighted by atomic mass is 14.6. The first-order valence-electron chi connectivity index (χ1n) is 5.65. The maximum atomic E-state index is 5.95. The van der Waals surface area contributed by atoms with Crippen LogP contribution in [0.3, 0.4) is 0 Å². The van der Waals surface area contributed by atoms with Gasteiger partial charge in [-0.3, -0.25) is 0 Å². The normalized spacial score (nSPS) is 24.2. The van der Waals surface area contributed by atoms with Crippen LogP contribution < -0.4 is 11.5 Å². The predicted octanol–water partition coefficient (Wildman–Crippen LogP) is 1.73. The Morgan fingerprint density at radius 1 is 1.12 bits per heavy atom. The van der Waals surface area contributed by atoms with Gasteiger partial charge in [0.15, 0.2) is 0 Å². The fraction of sp³-hybridized carbons (Fsp3) is 0.286. The second-order valence-corrected chi connectivity index (χ2v) is 4.25. The van der Waals surface area contributed by atoms with Gasteiger partial charge in [-0.2, -0.15) is 0 Å². The molecule has 0 spiro atoms. The molecule has 0 fully saturated rings. The van der Waals surface area contributed by atoms with Crippen LogP contribution in [0.15, 0.2) is 54.1 Å². The molecule has 2 nitrogen and oxygen atoms in total. The maximum absolute atomic E-state index is 5.95. The van der Waals surface area contributed by atoms with Crippen LogP contribution in [0.1, 0.15) is 12.0 Å². The smallest absolute Gasteiger partial charge is 0.0292 e. The van der Waals surface area contributed by atoms with Crippen LogP contribution >= 0.6 is 0 Å². The average molecular weight is 214 g/mol. The van der Waals surface area contributed by atoms with E-state index in [9.17, 15) is 0 Å². The van der Waals surface area contributed by atoms with Crippen molar-refractivity contribution in [1.82, 2.24) is 0 Å². The lowest BCUT2D eigenvalue weighted by molar-refractivity contribution is 0.547. The highest BCUT2D eigenvalue weighted by Crippen LogP contribution is 2.32. The maximum Gasteiger partial charge on any atom is 0.0292 e. The summed E-state index contributed by atoms with van der Waals surface area (Å²) in [5, 5.41) is 0. The molecule has 0 aliphatic heterocycles. The van der Waals surface area contributed by atoms with Gasteiger partial charge in [-0.1, -0.05) is 48.6 Å². The third-order valence-electron chi connectivity index (χ3n) is 3.29. The Labute approximate surface area is 96.6 Å². The zero-order chi connectivity index (χ0) is 11.4. The van der Waals surface area contributed by atoms with Crippen molar-refractivity contribution in [2.75, 3.05) is 13.1 Å². The molecule has 0 saturated heterocycles. The molecular formula is C14H18N2. The monoisotopic (exact) mass is 214 g/mol. The summed E-state index contributed by atoms with van der Waals surface area (Å²) in [6, 6.07) is 10.4. The molecule has 16 heavy (non-hydrogen) atoms. The molecular weight excluding hydrogens is 196 g/mol. The van der Waals surface area contributed by atoms with Crippen molar-refractivity contribution in [3.63, 3.8) is 0 Å². The highest BCUT2D eigenvalue weighted by molar-refractivity contribution is 5.39. The fourth-order valence-corrected chi connectivity index (χ4v) is 2.12. The summed E-state index contributed by atoms with van der Waals surface area (Å²) in [7, 11) is 0. The van der Waals surface area contributed by atoms with Gasteiger partial charge < -0.3 is 11.5 Å². The van der Waals surface area contributed by atoms with Crippen molar-refractivity contribution < 1.29 is 0 Å². The summed E-state index contributed by atoms with van der Waals surface area (Å²) < 4.78 is 0. The van der Waals surface area contributed by atoms with Crippen molar-refractivity contribution in [2.45, 2.75) is 11.8 Å². The molecule has 0 amide bonds. The number of allylic oxidation sites excluding steroid dienone is 1. The summed E-state index contributed by atoms with van der Waals surface area (Å²) in [4.78, 5) is 0. The molecule has 4 N–H and O–H groups in total. The zero-order valence-corrected chi connectivity index (χ0v) is 9.39. The lowest BCUT2D eigenvalue weighted by atomic mass is 9.74. The van der Waals surface area contributed by atoms with E-state index >= 15 is 0 Å². The minimum Gasteiger partial charge on any atom is -0.329 e. The van der Waals surface area contributed by atoms with Gasteiger partial charge in [-0.05, 0) is 17.6 Å². The van der Waals surface area contributed by atoms with Gasteiger partial charge in [0.05, 0.1) is 0 Å². The largest absolute Gasteiger partial charge is 0.329 e. The summed E-state index contributed by atoms with van der Waals surface area (Å²) in [5.74, 6) is 0. The quantitative estimate of drug-likeness (QED) is 0.805. The van der Waals surface area contributed by atoms with Gasteiger partial charge in [0.2, 0.25) is 0 Å². The van der Waals surface area contributed by atoms with Crippen LogP contribution in [0.2, 0.25) is 0 Å². The third-order valence-corrected chi connectivity index (χ3v) is 3.29. The van der Waals surface area contributed by atoms with E-state index in [2.05, 4.69) is 42.5 Å². The van der Waals surface area contributed by atoms with Gasteiger partial charge in [0.25, 0.3) is 0 Å². The number of benzene rings is 1. The Morgan fingerprint density at radius 3 is 2.38 bits per heavy atom. The molecule has 1 aromatic carbocycles. The summed E-state index contributed by atoms with van der Waals surface area (Å²) in [6.45, 7) is 1.23. The topological polar surface area (TPSA) is 52.0 Å². The average Bonchev–Trinajstić information content (AvgIpc) is 2.40. The SMILES string of the molecule is NCC1=CCC(CN)(c2ccccc2)C=C1. The Morgan fingerprint density at radius 2 is 1.88 bits per heavy atom. The molecule has 0 radical (unpaired) electrons. The molecule has 2 heteroatoms. The predicted molar refractivity (Wildman–Crippen MR) is 68.1 cm³/mol. The van der Waals surface area contributed by atoms with Gasteiger partial charge in [-0.15, -0.1) is 0 Å². The van der Waals surface area contributed by atoms with E-state index in [1.54, 1.807) is 0 Å². The highest BCUT2D eigenvalue weighted by Gasteiger charge is 2.28. The molecule has 1 aliphatic carbocycles. The van der Waals surface area contributed by atoms with Crippen molar-refractivity contribution in [1.29, 1.82) is 0 Å². The molecule has 0 bridgehead atoms. The minimum absolute atomic E-state index is 0.0417. The van der Waals surface area contributed by atoms with E-state index < -0.39 is 0 Å². The lowest BCUT2D eigenvalue weighted by Crippen LogP contribution is -2.34. The molecule has 1 unspecified atom stereocenters. The van der Waals surface area contributed by atoms with E-state index in [4.69, 9.17) is 11.5 Å². The van der Waals surface area contributed by atoms with Crippen LogP contribution in [-0.2, 0) is 5.41 Å². The minimum atomic E-state index is -0.0417. The number of hydrogen-bond donors (Lipinski definition) is 2. The van der Waals surface area contributed by atoms with Crippen molar-refractivity contribution in [2.24, 2.45) is 11.5 Å². The van der Waals surface area contributed by atoms with E-state index in [1.807, 2.05) is 6.07 Å². The van der Waals surface area contributed by atoms with Crippen LogP contribution in [0.25, 0.3) is 0 Å². The second kappa shape index (κ2) is 4.64. The lowest BCUT2D eigenvalue weighted by Gasteiger charge is -2.31. The molecule has 1 aromatic rings. The molecule has 84 valence electrons. The van der Waals surface area contributed by atoms with Crippen LogP contribution in [0.4, 0.5) is 0 Å². The summed E-state index contributed by atoms with van der Waals surface area (Å²) in [6.07, 6.45) is 7.43. The zero-order valence-electron chi connectivity index (χ0n) is 9.39. The molecule has 0 heterocycles. The first kappa shape index (κ1) is 11.1. The molecule has 1 aliphatic rings. The Kier molecular flexibility index (Phi) is 3.22. The van der Waals surface area contributed by atoms with Crippen molar-refractivity contribution in [3.8, 4) is 0 Å². The Bertz CT molecular complexity index is 406. The molecule has 1 atom stereocenters. The van der Waals surface area contributed by atoms with Crippen molar-refractivity contribution >= 4 is 0 Å². The van der Waals surface area contributed by atoms with Gasteiger partial charge >= 0.3 is 0 Å². The number of rotatable bonds is 3. The molecule has 0 aromatic heterocycles. The standard InChI is InChI=1S/C14H18N2/c15-10-12-6-8-14(11-16,9-7-12)13-4-2-1-3-5-13/h1-8H,9-11,15-16H2. The van der Waals surface area contributed by atoms with Crippen LogP contribution in [-0.4, -0.2) is 13.1 Å². The van der Waals surface area contributed by atoms with E-state index in [1.165, 1.54) is 11.1 Å². The Balaban J connectivity index is 2.31. The van der Waals surface area contributed by atoms with E-state index in [-0.39, 0.29) is 5.41 Å². The van der Waals surface area contributed by atoms with Gasteiger partial charge in [-0.25, -0.2) is 0 Å². The van der Waals surface area contributed by atoms with Crippen molar-refractivity contribution in [3.05, 3.63) is 59.7 Å². The van der Waals surface area contributed by atoms with Gasteiger partial charge in [0.1, 0.15) is 0 Å². The Hall–Kier alpha value is -1.38. The van der Waals surface area contributed by atoms with E-state index in [0.717, 1.165) is 6.42 Å². The first-order valence-corrected chi connectivity index (χ1v) is 5.65. The fourth-order valence-electron chi connectivity index (χ4n) is 2.12. The molecule has 2 rings (SSSR count). The number of nitrogens with two attached hydrogens (primary N) is 2. The van der Waals surface area contributed by atoms with Crippen LogP contribution in [0, 0.1) is 0 Å². The van der Waals surface area contributed by atoms with Crippen LogP contribution in [0.5, 0.6) is 0 Å². The van der Waals surface area contributed by atoms with Gasteiger partial charge in [0, 0.05) is 18.5 Å². The molecule has 0 saturated carbocycles. The van der Waals surface area contributed by atoms with E-state index in [0.29, 0.717) is 13.1 Å². The first-order chi connectivity index (χ1) is 7.80.